The number of esters is 1. The monoisotopic (exact) mass is 410 g/mol. The maximum Gasteiger partial charge on any atom is 0.341 e. The number of nitrogens with one attached hydrogen (secondary N) is 1. The van der Waals surface area contributed by atoms with Crippen LogP contribution >= 0.6 is 11.3 Å². The Balaban J connectivity index is 1.58. The summed E-state index contributed by atoms with van der Waals surface area (Å²) in [6.45, 7) is 6.12. The van der Waals surface area contributed by atoms with Crippen LogP contribution in [0.15, 0.2) is 28.8 Å². The lowest BCUT2D eigenvalue weighted by molar-refractivity contribution is 0.0527. The van der Waals surface area contributed by atoms with Gasteiger partial charge in [0.1, 0.15) is 5.00 Å². The Kier molecular flexibility index (Phi) is 5.24. The average Bonchev–Trinajstić information content (AvgIpc) is 3.39. The van der Waals surface area contributed by atoms with Gasteiger partial charge in [0.05, 0.1) is 12.2 Å². The van der Waals surface area contributed by atoms with Gasteiger partial charge in [0.2, 0.25) is 0 Å². The fourth-order valence-corrected chi connectivity index (χ4v) is 4.76. The molecule has 1 aliphatic rings. The van der Waals surface area contributed by atoms with Gasteiger partial charge in [-0.05, 0) is 62.8 Å². The lowest BCUT2D eigenvalue weighted by atomic mass is 10.0. The van der Waals surface area contributed by atoms with E-state index in [1.165, 1.54) is 16.9 Å². The molecule has 0 saturated heterocycles. The highest BCUT2D eigenvalue weighted by Gasteiger charge is 2.29. The number of fused-ring (bicyclic) bond motifs is 1. The molecule has 6 nitrogen and oxygen atoms in total. The molecule has 29 heavy (non-hydrogen) atoms. The second kappa shape index (κ2) is 7.83. The summed E-state index contributed by atoms with van der Waals surface area (Å²) in [7, 11) is 0. The van der Waals surface area contributed by atoms with Crippen LogP contribution in [0.4, 0.5) is 5.00 Å². The first kappa shape index (κ1) is 19.4. The summed E-state index contributed by atoms with van der Waals surface area (Å²) in [6, 6.07) is 7.56. The summed E-state index contributed by atoms with van der Waals surface area (Å²) in [4.78, 5) is 26.4. The van der Waals surface area contributed by atoms with Gasteiger partial charge in [-0.25, -0.2) is 4.79 Å². The van der Waals surface area contributed by atoms with Crippen LogP contribution in [0.25, 0.3) is 11.3 Å². The van der Waals surface area contributed by atoms with Crippen molar-refractivity contribution in [2.75, 3.05) is 11.9 Å². The fourth-order valence-electron chi connectivity index (χ4n) is 3.49. The molecule has 0 atom stereocenters. The van der Waals surface area contributed by atoms with Crippen molar-refractivity contribution in [2.24, 2.45) is 0 Å². The third-order valence-corrected chi connectivity index (χ3v) is 6.37. The van der Waals surface area contributed by atoms with Crippen molar-refractivity contribution in [3.8, 4) is 11.3 Å². The normalized spacial score (nSPS) is 12.7. The minimum absolute atomic E-state index is 0.168. The van der Waals surface area contributed by atoms with Crippen molar-refractivity contribution in [3.05, 3.63) is 57.1 Å². The summed E-state index contributed by atoms with van der Waals surface area (Å²) < 4.78 is 10.6. The summed E-state index contributed by atoms with van der Waals surface area (Å²) in [5, 5.41) is 7.28. The lowest BCUT2D eigenvalue weighted by Crippen LogP contribution is -2.15. The van der Waals surface area contributed by atoms with E-state index in [0.717, 1.165) is 40.8 Å². The van der Waals surface area contributed by atoms with Gasteiger partial charge in [-0.1, -0.05) is 17.3 Å². The highest BCUT2D eigenvalue weighted by Crippen LogP contribution is 2.39. The lowest BCUT2D eigenvalue weighted by Gasteiger charge is -2.06. The predicted molar refractivity (Wildman–Crippen MR) is 112 cm³/mol. The Morgan fingerprint density at radius 1 is 1.21 bits per heavy atom. The number of aryl methyl sites for hydroxylation is 3. The van der Waals surface area contributed by atoms with Crippen LogP contribution in [-0.4, -0.2) is 23.6 Å². The fraction of sp³-hybridized carbons (Fsp3) is 0.318. The molecule has 2 heterocycles. The number of nitrogens with zero attached hydrogens (tertiary/aromatic N) is 1. The third kappa shape index (κ3) is 3.70. The molecule has 2 aromatic heterocycles. The van der Waals surface area contributed by atoms with Gasteiger partial charge < -0.3 is 14.6 Å². The second-order valence-electron chi connectivity index (χ2n) is 7.11. The Morgan fingerprint density at radius 2 is 2.03 bits per heavy atom. The Bertz CT molecular complexity index is 1100. The molecule has 0 bridgehead atoms. The maximum atomic E-state index is 12.8. The number of rotatable bonds is 5. The number of anilines is 1. The number of benzene rings is 1. The quantitative estimate of drug-likeness (QED) is 0.603. The molecule has 0 spiro atoms. The zero-order valence-corrected chi connectivity index (χ0v) is 17.4. The molecule has 0 aliphatic heterocycles. The second-order valence-corrected chi connectivity index (χ2v) is 8.22. The highest BCUT2D eigenvalue weighted by atomic mass is 32.1. The summed E-state index contributed by atoms with van der Waals surface area (Å²) in [5.74, 6) is -0.273. The van der Waals surface area contributed by atoms with Crippen LogP contribution in [0.3, 0.4) is 0 Å². The van der Waals surface area contributed by atoms with E-state index >= 15 is 0 Å². The van der Waals surface area contributed by atoms with E-state index in [-0.39, 0.29) is 5.69 Å². The number of aromatic nitrogens is 1. The van der Waals surface area contributed by atoms with E-state index in [2.05, 4.69) is 10.5 Å². The van der Waals surface area contributed by atoms with Crippen LogP contribution in [0, 0.1) is 13.8 Å². The molecule has 1 aliphatic carbocycles. The van der Waals surface area contributed by atoms with Crippen molar-refractivity contribution < 1.29 is 18.8 Å². The van der Waals surface area contributed by atoms with E-state index < -0.39 is 11.9 Å². The van der Waals surface area contributed by atoms with Crippen molar-refractivity contribution >= 4 is 28.2 Å². The number of amides is 1. The third-order valence-electron chi connectivity index (χ3n) is 5.16. The molecular weight excluding hydrogens is 388 g/mol. The number of carbonyl (C=O) groups excluding carboxylic acids is 2. The van der Waals surface area contributed by atoms with Gasteiger partial charge in [-0.2, -0.15) is 0 Å². The average molecular weight is 410 g/mol. The largest absolute Gasteiger partial charge is 0.462 e. The molecule has 0 unspecified atom stereocenters. The molecular formula is C22H22N2O4S. The van der Waals surface area contributed by atoms with Gasteiger partial charge in [-0.15, -0.1) is 11.3 Å². The molecule has 1 N–H and O–H groups in total. The molecule has 1 amide bonds. The number of hydrogen-bond donors (Lipinski definition) is 1. The van der Waals surface area contributed by atoms with Crippen molar-refractivity contribution in [2.45, 2.75) is 40.0 Å². The smallest absolute Gasteiger partial charge is 0.341 e. The van der Waals surface area contributed by atoms with E-state index in [9.17, 15) is 9.59 Å². The summed E-state index contributed by atoms with van der Waals surface area (Å²) in [5.41, 5.74) is 4.83. The van der Waals surface area contributed by atoms with Crippen LogP contribution in [0.2, 0.25) is 0 Å². The van der Waals surface area contributed by atoms with E-state index in [1.807, 2.05) is 32.0 Å². The molecule has 1 aromatic carbocycles. The Morgan fingerprint density at radius 3 is 2.79 bits per heavy atom. The predicted octanol–water partition coefficient (Wildman–Crippen LogP) is 4.94. The number of ether oxygens (including phenoxy) is 1. The molecule has 0 fully saturated rings. The zero-order valence-electron chi connectivity index (χ0n) is 16.6. The minimum atomic E-state index is -0.408. The van der Waals surface area contributed by atoms with Crippen molar-refractivity contribution in [1.82, 2.24) is 5.16 Å². The van der Waals surface area contributed by atoms with Crippen LogP contribution in [0.1, 0.15) is 55.8 Å². The van der Waals surface area contributed by atoms with E-state index in [4.69, 9.17) is 9.26 Å². The Labute approximate surface area is 172 Å². The maximum absolute atomic E-state index is 12.8. The summed E-state index contributed by atoms with van der Waals surface area (Å²) in [6.07, 6.45) is 2.77. The molecule has 150 valence electrons. The molecule has 0 saturated carbocycles. The minimum Gasteiger partial charge on any atom is -0.462 e. The first-order chi connectivity index (χ1) is 14.0. The van der Waals surface area contributed by atoms with Crippen LogP contribution in [-0.2, 0) is 17.6 Å². The SMILES string of the molecule is CCOC(=O)c1c(NC(=O)c2cc(-c3ccc(C)c(C)c3)on2)sc2c1CCC2. The van der Waals surface area contributed by atoms with E-state index in [0.29, 0.717) is 22.9 Å². The van der Waals surface area contributed by atoms with Gasteiger partial charge >= 0.3 is 5.97 Å². The standard InChI is InChI=1S/C22H22N2O4S/c1-4-27-22(26)19-15-6-5-7-18(15)29-21(19)23-20(25)16-11-17(28-24-16)14-9-8-12(2)13(3)10-14/h8-11H,4-7H2,1-3H3,(H,23,25). The van der Waals surface area contributed by atoms with Crippen molar-refractivity contribution in [3.63, 3.8) is 0 Å². The Hall–Kier alpha value is -2.93. The zero-order chi connectivity index (χ0) is 20.5. The first-order valence-corrected chi connectivity index (χ1v) is 10.5. The first-order valence-electron chi connectivity index (χ1n) is 9.65. The molecule has 3 aromatic rings. The molecule has 7 heteroatoms. The molecule has 0 radical (unpaired) electrons. The number of carbonyl (C=O) groups is 2. The topological polar surface area (TPSA) is 81.4 Å². The van der Waals surface area contributed by atoms with Gasteiger partial charge in [0, 0.05) is 16.5 Å². The van der Waals surface area contributed by atoms with Crippen LogP contribution < -0.4 is 5.32 Å². The van der Waals surface area contributed by atoms with Gasteiger partial charge in [0.25, 0.3) is 5.91 Å². The molecule has 4 rings (SSSR count). The van der Waals surface area contributed by atoms with Crippen LogP contribution in [0.5, 0.6) is 0 Å². The highest BCUT2D eigenvalue weighted by molar-refractivity contribution is 7.17. The van der Waals surface area contributed by atoms with Crippen molar-refractivity contribution in [1.29, 1.82) is 0 Å². The number of hydrogen-bond acceptors (Lipinski definition) is 6. The van der Waals surface area contributed by atoms with E-state index in [1.54, 1.807) is 13.0 Å². The number of thiophene rings is 1. The van der Waals surface area contributed by atoms with Gasteiger partial charge in [-0.3, -0.25) is 4.79 Å². The van der Waals surface area contributed by atoms with Gasteiger partial charge in [0.15, 0.2) is 11.5 Å². The summed E-state index contributed by atoms with van der Waals surface area (Å²) >= 11 is 1.44.